The van der Waals surface area contributed by atoms with Gasteiger partial charge >= 0.3 is 12.1 Å². The van der Waals surface area contributed by atoms with Gasteiger partial charge in [0.25, 0.3) is 5.91 Å². The van der Waals surface area contributed by atoms with Crippen molar-refractivity contribution < 1.29 is 36.3 Å². The average molecular weight is 443 g/mol. The van der Waals surface area contributed by atoms with Gasteiger partial charge in [0.2, 0.25) is 10.0 Å². The predicted octanol–water partition coefficient (Wildman–Crippen LogP) is 1.70. The molecule has 2 aromatic rings. The second kappa shape index (κ2) is 8.03. The fraction of sp³-hybridized carbons (Fsp3) is 0.278. The van der Waals surface area contributed by atoms with Gasteiger partial charge in [0, 0.05) is 37.6 Å². The lowest BCUT2D eigenvalue weighted by Gasteiger charge is -2.38. The van der Waals surface area contributed by atoms with Crippen LogP contribution in [-0.2, 0) is 21.0 Å². The number of pyridine rings is 1. The van der Waals surface area contributed by atoms with Crippen LogP contribution in [0.2, 0.25) is 0 Å². The molecule has 8 nitrogen and oxygen atoms in total. The van der Waals surface area contributed by atoms with Crippen molar-refractivity contribution in [2.75, 3.05) is 19.6 Å². The third-order valence-electron chi connectivity index (χ3n) is 4.62. The Labute approximate surface area is 169 Å². The molecule has 30 heavy (non-hydrogen) atoms. The Kier molecular flexibility index (Phi) is 5.81. The molecule has 1 aliphatic heterocycles. The average Bonchev–Trinajstić information content (AvgIpc) is 2.72. The quantitative estimate of drug-likeness (QED) is 0.771. The van der Waals surface area contributed by atoms with E-state index in [2.05, 4.69) is 4.98 Å². The van der Waals surface area contributed by atoms with E-state index in [1.54, 1.807) is 0 Å². The zero-order valence-electron chi connectivity index (χ0n) is 15.3. The third kappa shape index (κ3) is 4.28. The van der Waals surface area contributed by atoms with Crippen molar-refractivity contribution in [2.24, 2.45) is 0 Å². The lowest BCUT2D eigenvalue weighted by molar-refractivity contribution is -0.143. The number of carbonyl (C=O) groups is 2. The van der Waals surface area contributed by atoms with Crippen LogP contribution in [0.15, 0.2) is 53.7 Å². The number of sulfonamides is 1. The van der Waals surface area contributed by atoms with E-state index in [-0.39, 0.29) is 18.7 Å². The van der Waals surface area contributed by atoms with Gasteiger partial charge < -0.3 is 10.0 Å². The zero-order valence-corrected chi connectivity index (χ0v) is 16.1. The molecule has 12 heteroatoms. The number of hydrogen-bond acceptors (Lipinski definition) is 5. The van der Waals surface area contributed by atoms with Crippen LogP contribution < -0.4 is 0 Å². The summed E-state index contributed by atoms with van der Waals surface area (Å²) < 4.78 is 64.6. The first-order valence-corrected chi connectivity index (χ1v) is 10.1. The van der Waals surface area contributed by atoms with Gasteiger partial charge in [0.05, 0.1) is 10.5 Å². The minimum absolute atomic E-state index is 0.0786. The van der Waals surface area contributed by atoms with Gasteiger partial charge in [-0.25, -0.2) is 8.42 Å². The summed E-state index contributed by atoms with van der Waals surface area (Å²) in [6, 6.07) is 4.11. The highest BCUT2D eigenvalue weighted by molar-refractivity contribution is 7.89. The monoisotopic (exact) mass is 443 g/mol. The Hall–Kier alpha value is -2.99. The molecule has 3 rings (SSSR count). The van der Waals surface area contributed by atoms with Gasteiger partial charge in [-0.05, 0) is 36.4 Å². The first-order chi connectivity index (χ1) is 14.0. The minimum atomic E-state index is -4.63. The second-order valence-electron chi connectivity index (χ2n) is 6.48. The van der Waals surface area contributed by atoms with Crippen LogP contribution in [0.5, 0.6) is 0 Å². The van der Waals surface area contributed by atoms with E-state index in [0.29, 0.717) is 16.4 Å². The number of nitrogens with zero attached hydrogens (tertiary/aromatic N) is 3. The number of carbonyl (C=O) groups excluding carboxylic acids is 1. The van der Waals surface area contributed by atoms with E-state index in [0.717, 1.165) is 12.1 Å². The number of amides is 1. The van der Waals surface area contributed by atoms with Crippen LogP contribution in [0.4, 0.5) is 13.2 Å². The molecule has 1 aromatic carbocycles. The number of carboxylic acid groups (broad SMARTS) is 1. The third-order valence-corrected chi connectivity index (χ3v) is 6.54. The highest BCUT2D eigenvalue weighted by Crippen LogP contribution is 2.31. The molecule has 0 bridgehead atoms. The molecule has 1 fully saturated rings. The molecule has 2 heterocycles. The van der Waals surface area contributed by atoms with Gasteiger partial charge in [-0.15, -0.1) is 0 Å². The second-order valence-corrected chi connectivity index (χ2v) is 8.37. The molecule has 1 N–H and O–H groups in total. The zero-order chi connectivity index (χ0) is 22.1. The fourth-order valence-electron chi connectivity index (χ4n) is 3.07. The molecular formula is C18H16F3N3O5S. The summed E-state index contributed by atoms with van der Waals surface area (Å²) in [5.41, 5.74) is -0.753. The SMILES string of the molecule is O=C(O)[C@H]1CN(C(=O)c2ccncc2)CCN1S(=O)(=O)c1ccc(C(F)(F)F)cc1. The minimum Gasteiger partial charge on any atom is -0.480 e. The van der Waals surface area contributed by atoms with Crippen LogP contribution in [0.1, 0.15) is 15.9 Å². The summed E-state index contributed by atoms with van der Waals surface area (Å²) in [4.78, 5) is 28.8. The molecule has 1 saturated heterocycles. The molecule has 1 aromatic heterocycles. The number of carboxylic acids is 1. The number of aliphatic carboxylic acids is 1. The number of halogens is 3. The smallest absolute Gasteiger partial charge is 0.416 e. The summed E-state index contributed by atoms with van der Waals surface area (Å²) >= 11 is 0. The molecular weight excluding hydrogens is 427 g/mol. The molecule has 160 valence electrons. The highest BCUT2D eigenvalue weighted by Gasteiger charge is 2.42. The highest BCUT2D eigenvalue weighted by atomic mass is 32.2. The van der Waals surface area contributed by atoms with Crippen molar-refractivity contribution in [1.82, 2.24) is 14.2 Å². The van der Waals surface area contributed by atoms with E-state index >= 15 is 0 Å². The summed E-state index contributed by atoms with van der Waals surface area (Å²) in [5, 5.41) is 9.54. The van der Waals surface area contributed by atoms with Crippen molar-refractivity contribution in [3.63, 3.8) is 0 Å². The van der Waals surface area contributed by atoms with E-state index in [4.69, 9.17) is 0 Å². The van der Waals surface area contributed by atoms with Gasteiger partial charge in [-0.2, -0.15) is 17.5 Å². The molecule has 0 saturated carbocycles. The van der Waals surface area contributed by atoms with E-state index in [9.17, 15) is 36.3 Å². The summed E-state index contributed by atoms with van der Waals surface area (Å²) in [7, 11) is -4.40. The summed E-state index contributed by atoms with van der Waals surface area (Å²) in [6.45, 7) is -0.807. The van der Waals surface area contributed by atoms with E-state index in [1.807, 2.05) is 0 Å². The molecule has 1 aliphatic rings. The maximum atomic E-state index is 12.9. The predicted molar refractivity (Wildman–Crippen MR) is 96.9 cm³/mol. The maximum Gasteiger partial charge on any atom is 0.416 e. The van der Waals surface area contributed by atoms with Crippen LogP contribution in [0.3, 0.4) is 0 Å². The first-order valence-electron chi connectivity index (χ1n) is 8.63. The van der Waals surface area contributed by atoms with Crippen LogP contribution in [-0.4, -0.2) is 65.3 Å². The molecule has 0 unspecified atom stereocenters. The Morgan fingerprint density at radius 2 is 1.63 bits per heavy atom. The molecule has 0 aliphatic carbocycles. The largest absolute Gasteiger partial charge is 0.480 e. The van der Waals surface area contributed by atoms with Crippen LogP contribution in [0.25, 0.3) is 0 Å². The number of hydrogen-bond donors (Lipinski definition) is 1. The van der Waals surface area contributed by atoms with Crippen molar-refractivity contribution in [2.45, 2.75) is 17.1 Å². The van der Waals surface area contributed by atoms with Gasteiger partial charge in [0.15, 0.2) is 0 Å². The molecule has 0 radical (unpaired) electrons. The van der Waals surface area contributed by atoms with Gasteiger partial charge in [-0.1, -0.05) is 0 Å². The summed E-state index contributed by atoms with van der Waals surface area (Å²) in [5.74, 6) is -1.95. The standard InChI is InChI=1S/C18H16F3N3O5S/c19-18(20,21)13-1-3-14(4-2-13)30(28,29)24-10-9-23(11-15(24)17(26)27)16(25)12-5-7-22-8-6-12/h1-8,15H,9-11H2,(H,26,27)/t15-/m1/s1. The van der Waals surface area contributed by atoms with Crippen LogP contribution in [0, 0.1) is 0 Å². The van der Waals surface area contributed by atoms with Crippen molar-refractivity contribution in [3.05, 3.63) is 59.9 Å². The fourth-order valence-corrected chi connectivity index (χ4v) is 4.63. The molecule has 0 spiro atoms. The van der Waals surface area contributed by atoms with Gasteiger partial charge in [-0.3, -0.25) is 14.6 Å². The Morgan fingerprint density at radius 3 is 2.17 bits per heavy atom. The number of benzene rings is 1. The lowest BCUT2D eigenvalue weighted by atomic mass is 10.1. The topological polar surface area (TPSA) is 108 Å². The summed E-state index contributed by atoms with van der Waals surface area (Å²) in [6.07, 6.45) is -1.84. The van der Waals surface area contributed by atoms with Crippen LogP contribution >= 0.6 is 0 Å². The normalized spacial score (nSPS) is 18.2. The number of rotatable bonds is 4. The maximum absolute atomic E-state index is 12.9. The first kappa shape index (κ1) is 21.7. The number of piperazine rings is 1. The van der Waals surface area contributed by atoms with Gasteiger partial charge in [0.1, 0.15) is 6.04 Å². The van der Waals surface area contributed by atoms with Crippen molar-refractivity contribution in [1.29, 1.82) is 0 Å². The van der Waals surface area contributed by atoms with E-state index < -0.39 is 51.1 Å². The Balaban J connectivity index is 1.85. The molecule has 1 atom stereocenters. The lowest BCUT2D eigenvalue weighted by Crippen LogP contribution is -2.59. The van der Waals surface area contributed by atoms with Crippen molar-refractivity contribution in [3.8, 4) is 0 Å². The number of aromatic nitrogens is 1. The Morgan fingerprint density at radius 1 is 1.03 bits per heavy atom. The van der Waals surface area contributed by atoms with Crippen molar-refractivity contribution >= 4 is 21.9 Å². The van der Waals surface area contributed by atoms with E-state index in [1.165, 1.54) is 29.4 Å². The Bertz CT molecular complexity index is 1040. The number of alkyl halides is 3. The molecule has 1 amide bonds.